The Hall–Kier alpha value is -0.810. The molecule has 1 rings (SSSR count). The van der Waals surface area contributed by atoms with E-state index in [9.17, 15) is 0 Å². The first-order valence-electron chi connectivity index (χ1n) is 4.00. The monoisotopic (exact) mass is 151 g/mol. The van der Waals surface area contributed by atoms with Crippen LogP contribution >= 0.6 is 0 Å². The average molecular weight is 151 g/mol. The summed E-state index contributed by atoms with van der Waals surface area (Å²) in [6.45, 7) is 0. The lowest BCUT2D eigenvalue weighted by molar-refractivity contribution is 0.109. The molecule has 0 aliphatic heterocycles. The largest absolute Gasteiger partial charge is 0.377 e. The Labute approximate surface area is 67.5 Å². The van der Waals surface area contributed by atoms with Gasteiger partial charge in [0.25, 0.3) is 0 Å². The quantitative estimate of drug-likeness (QED) is 0.537. The predicted molar refractivity (Wildman–Crippen MR) is 43.0 cm³/mol. The normalized spacial score (nSPS) is 28.4. The number of rotatable bonds is 1. The first-order valence-corrected chi connectivity index (χ1v) is 4.00. The van der Waals surface area contributed by atoms with Crippen molar-refractivity contribution in [1.82, 2.24) is 0 Å². The first kappa shape index (κ1) is 8.29. The standard InChI is InChI=1S/C9H13NO/c1-11-9-5-3-2-4-8(9)6-7-10/h6,9H,2-5H2,1H3/b8-6+. The average Bonchev–Trinajstić information content (AvgIpc) is 2.06. The Bertz CT molecular complexity index is 190. The zero-order valence-electron chi connectivity index (χ0n) is 6.84. The third-order valence-electron chi connectivity index (χ3n) is 2.13. The number of hydrogen-bond donors (Lipinski definition) is 0. The molecular weight excluding hydrogens is 138 g/mol. The maximum absolute atomic E-state index is 8.45. The van der Waals surface area contributed by atoms with Gasteiger partial charge in [0.2, 0.25) is 0 Å². The van der Waals surface area contributed by atoms with Crippen LogP contribution in [0.1, 0.15) is 25.7 Å². The van der Waals surface area contributed by atoms with E-state index in [4.69, 9.17) is 10.00 Å². The smallest absolute Gasteiger partial charge is 0.0912 e. The van der Waals surface area contributed by atoms with Gasteiger partial charge in [-0.05, 0) is 24.8 Å². The zero-order valence-corrected chi connectivity index (χ0v) is 6.84. The van der Waals surface area contributed by atoms with E-state index in [1.165, 1.54) is 18.4 Å². The lowest BCUT2D eigenvalue weighted by atomic mass is 9.92. The van der Waals surface area contributed by atoms with Gasteiger partial charge in [0.1, 0.15) is 0 Å². The van der Waals surface area contributed by atoms with Gasteiger partial charge < -0.3 is 4.74 Å². The summed E-state index contributed by atoms with van der Waals surface area (Å²) in [6.07, 6.45) is 6.38. The van der Waals surface area contributed by atoms with Crippen LogP contribution in [0, 0.1) is 11.3 Å². The second-order valence-electron chi connectivity index (χ2n) is 2.82. The fraction of sp³-hybridized carbons (Fsp3) is 0.667. The molecule has 1 saturated carbocycles. The van der Waals surface area contributed by atoms with E-state index in [1.54, 1.807) is 13.2 Å². The van der Waals surface area contributed by atoms with Gasteiger partial charge in [-0.25, -0.2) is 0 Å². The van der Waals surface area contributed by atoms with Crippen LogP contribution in [-0.2, 0) is 4.74 Å². The molecule has 0 aromatic rings. The third-order valence-corrected chi connectivity index (χ3v) is 2.13. The summed E-state index contributed by atoms with van der Waals surface area (Å²) < 4.78 is 5.24. The summed E-state index contributed by atoms with van der Waals surface area (Å²) in [4.78, 5) is 0. The Kier molecular flexibility index (Phi) is 3.13. The van der Waals surface area contributed by atoms with Crippen molar-refractivity contribution in [3.05, 3.63) is 11.6 Å². The Balaban J connectivity index is 2.60. The molecule has 2 heteroatoms. The van der Waals surface area contributed by atoms with Gasteiger partial charge in [-0.3, -0.25) is 0 Å². The number of nitrogens with zero attached hydrogens (tertiary/aromatic N) is 1. The molecule has 1 aliphatic carbocycles. The highest BCUT2D eigenvalue weighted by Crippen LogP contribution is 2.25. The lowest BCUT2D eigenvalue weighted by Crippen LogP contribution is -2.17. The van der Waals surface area contributed by atoms with Crippen LogP contribution in [0.4, 0.5) is 0 Å². The van der Waals surface area contributed by atoms with Gasteiger partial charge in [-0.1, -0.05) is 6.42 Å². The van der Waals surface area contributed by atoms with Crippen molar-refractivity contribution in [1.29, 1.82) is 5.26 Å². The summed E-state index contributed by atoms with van der Waals surface area (Å²) in [5.41, 5.74) is 1.17. The second-order valence-corrected chi connectivity index (χ2v) is 2.82. The lowest BCUT2D eigenvalue weighted by Gasteiger charge is -2.22. The van der Waals surface area contributed by atoms with Crippen molar-refractivity contribution in [3.8, 4) is 6.07 Å². The van der Waals surface area contributed by atoms with Crippen LogP contribution in [0.15, 0.2) is 11.6 Å². The SMILES string of the molecule is COC1CCCC/C1=C\C#N. The van der Waals surface area contributed by atoms with Crippen molar-refractivity contribution in [3.63, 3.8) is 0 Å². The fourth-order valence-electron chi connectivity index (χ4n) is 1.52. The molecule has 2 nitrogen and oxygen atoms in total. The molecule has 0 aromatic carbocycles. The molecular formula is C9H13NO. The maximum atomic E-state index is 8.45. The van der Waals surface area contributed by atoms with Gasteiger partial charge in [-0.2, -0.15) is 5.26 Å². The topological polar surface area (TPSA) is 33.0 Å². The second kappa shape index (κ2) is 4.15. The summed E-state index contributed by atoms with van der Waals surface area (Å²) in [5, 5.41) is 8.45. The molecule has 0 spiro atoms. The molecule has 0 amide bonds. The Morgan fingerprint density at radius 1 is 1.64 bits per heavy atom. The van der Waals surface area contributed by atoms with Crippen LogP contribution in [0.2, 0.25) is 0 Å². The minimum Gasteiger partial charge on any atom is -0.377 e. The molecule has 60 valence electrons. The number of methoxy groups -OCH3 is 1. The van der Waals surface area contributed by atoms with Crippen molar-refractivity contribution in [2.24, 2.45) is 0 Å². The van der Waals surface area contributed by atoms with Gasteiger partial charge in [0.15, 0.2) is 0 Å². The van der Waals surface area contributed by atoms with Crippen LogP contribution in [0.25, 0.3) is 0 Å². The van der Waals surface area contributed by atoms with E-state index < -0.39 is 0 Å². The summed E-state index contributed by atoms with van der Waals surface area (Å²) >= 11 is 0. The molecule has 0 aromatic heterocycles. The maximum Gasteiger partial charge on any atom is 0.0912 e. The Morgan fingerprint density at radius 3 is 3.09 bits per heavy atom. The van der Waals surface area contributed by atoms with Crippen LogP contribution < -0.4 is 0 Å². The molecule has 1 aliphatic rings. The van der Waals surface area contributed by atoms with E-state index in [1.807, 2.05) is 0 Å². The number of nitriles is 1. The first-order chi connectivity index (χ1) is 5.38. The van der Waals surface area contributed by atoms with E-state index in [2.05, 4.69) is 6.07 Å². The summed E-state index contributed by atoms with van der Waals surface area (Å²) in [7, 11) is 1.71. The van der Waals surface area contributed by atoms with Crippen molar-refractivity contribution >= 4 is 0 Å². The van der Waals surface area contributed by atoms with Crippen molar-refractivity contribution in [2.45, 2.75) is 31.8 Å². The highest BCUT2D eigenvalue weighted by Gasteiger charge is 2.17. The Morgan fingerprint density at radius 2 is 2.45 bits per heavy atom. The number of allylic oxidation sites excluding steroid dienone is 1. The van der Waals surface area contributed by atoms with Crippen LogP contribution in [-0.4, -0.2) is 13.2 Å². The molecule has 0 saturated heterocycles. The third kappa shape index (κ3) is 2.06. The number of hydrogen-bond acceptors (Lipinski definition) is 2. The van der Waals surface area contributed by atoms with Crippen molar-refractivity contribution < 1.29 is 4.74 Å². The van der Waals surface area contributed by atoms with Crippen LogP contribution in [0.5, 0.6) is 0 Å². The molecule has 1 fully saturated rings. The number of ether oxygens (including phenoxy) is 1. The molecule has 1 atom stereocenters. The van der Waals surface area contributed by atoms with Gasteiger partial charge in [0, 0.05) is 13.2 Å². The zero-order chi connectivity index (χ0) is 8.10. The minimum atomic E-state index is 0.211. The van der Waals surface area contributed by atoms with E-state index in [0.29, 0.717) is 0 Å². The molecule has 0 heterocycles. The molecule has 0 N–H and O–H groups in total. The molecule has 1 unspecified atom stereocenters. The van der Waals surface area contributed by atoms with Gasteiger partial charge in [-0.15, -0.1) is 0 Å². The van der Waals surface area contributed by atoms with E-state index in [0.717, 1.165) is 12.8 Å². The molecule has 0 radical (unpaired) electrons. The van der Waals surface area contributed by atoms with Gasteiger partial charge >= 0.3 is 0 Å². The highest BCUT2D eigenvalue weighted by atomic mass is 16.5. The van der Waals surface area contributed by atoms with Gasteiger partial charge in [0.05, 0.1) is 12.2 Å². The predicted octanol–water partition coefficient (Wildman–Crippen LogP) is 2.03. The summed E-state index contributed by atoms with van der Waals surface area (Å²) in [6, 6.07) is 2.06. The summed E-state index contributed by atoms with van der Waals surface area (Å²) in [5.74, 6) is 0. The molecule has 11 heavy (non-hydrogen) atoms. The van der Waals surface area contributed by atoms with E-state index in [-0.39, 0.29) is 6.10 Å². The minimum absolute atomic E-state index is 0.211. The fourth-order valence-corrected chi connectivity index (χ4v) is 1.52. The highest BCUT2D eigenvalue weighted by molar-refractivity contribution is 5.18. The van der Waals surface area contributed by atoms with E-state index >= 15 is 0 Å². The van der Waals surface area contributed by atoms with Crippen molar-refractivity contribution in [2.75, 3.05) is 7.11 Å². The van der Waals surface area contributed by atoms with Crippen LogP contribution in [0.3, 0.4) is 0 Å². The molecule has 0 bridgehead atoms.